The molecule has 140 valence electrons. The van der Waals surface area contributed by atoms with E-state index < -0.39 is 22.0 Å². The summed E-state index contributed by atoms with van der Waals surface area (Å²) in [7, 11) is -2.49. The second-order valence-corrected chi connectivity index (χ2v) is 7.98. The van der Waals surface area contributed by atoms with Crippen molar-refractivity contribution in [2.45, 2.75) is 24.4 Å². The van der Waals surface area contributed by atoms with Gasteiger partial charge in [-0.1, -0.05) is 41.4 Å². The number of nitrogens with one attached hydrogen (secondary N) is 2. The predicted molar refractivity (Wildman–Crippen MR) is 101 cm³/mol. The number of methoxy groups -OCH3 is 1. The highest BCUT2D eigenvalue weighted by Gasteiger charge is 2.23. The van der Waals surface area contributed by atoms with E-state index in [-0.39, 0.29) is 16.5 Å². The van der Waals surface area contributed by atoms with Crippen molar-refractivity contribution in [2.24, 2.45) is 0 Å². The molecular weight excluding hydrogens is 399 g/mol. The third kappa shape index (κ3) is 5.11. The molecule has 2 aromatic carbocycles. The number of hydrogen-bond acceptors (Lipinski definition) is 4. The number of halogens is 2. The highest BCUT2D eigenvalue weighted by atomic mass is 35.5. The van der Waals surface area contributed by atoms with Crippen molar-refractivity contribution >= 4 is 39.1 Å². The second-order valence-electron chi connectivity index (χ2n) is 5.45. The number of amides is 1. The molecule has 2 aromatic rings. The minimum Gasteiger partial charge on any atom is -0.495 e. The fraction of sp³-hybridized carbons (Fsp3) is 0.235. The SMILES string of the molecule is COc1ccc(S(=O)(=O)NC(C)C(=O)NCc2ccccc2Cl)cc1Cl. The lowest BCUT2D eigenvalue weighted by atomic mass is 10.2. The molecule has 1 atom stereocenters. The first-order chi connectivity index (χ1) is 12.2. The third-order valence-corrected chi connectivity index (χ3v) is 5.77. The number of sulfonamides is 1. The van der Waals surface area contributed by atoms with Gasteiger partial charge in [0.25, 0.3) is 0 Å². The molecule has 2 N–H and O–H groups in total. The lowest BCUT2D eigenvalue weighted by Crippen LogP contribution is -2.44. The van der Waals surface area contributed by atoms with E-state index in [1.807, 2.05) is 0 Å². The van der Waals surface area contributed by atoms with Gasteiger partial charge >= 0.3 is 0 Å². The van der Waals surface area contributed by atoms with Crippen molar-refractivity contribution in [1.29, 1.82) is 0 Å². The maximum atomic E-state index is 12.4. The zero-order valence-corrected chi connectivity index (χ0v) is 16.5. The number of carbonyl (C=O) groups excluding carboxylic acids is 1. The molecule has 0 spiro atoms. The molecule has 0 aliphatic carbocycles. The zero-order chi connectivity index (χ0) is 19.3. The largest absolute Gasteiger partial charge is 0.495 e. The van der Waals surface area contributed by atoms with E-state index in [4.69, 9.17) is 27.9 Å². The van der Waals surface area contributed by atoms with Gasteiger partial charge in [-0.3, -0.25) is 4.79 Å². The van der Waals surface area contributed by atoms with Crippen LogP contribution in [0.5, 0.6) is 5.75 Å². The second kappa shape index (κ2) is 8.73. The molecule has 26 heavy (non-hydrogen) atoms. The molecule has 0 saturated carbocycles. The molecule has 0 aliphatic heterocycles. The summed E-state index contributed by atoms with van der Waals surface area (Å²) in [4.78, 5) is 12.1. The van der Waals surface area contributed by atoms with E-state index in [0.717, 1.165) is 5.56 Å². The topological polar surface area (TPSA) is 84.5 Å². The molecule has 0 heterocycles. The lowest BCUT2D eigenvalue weighted by molar-refractivity contribution is -0.122. The standard InChI is InChI=1S/C17H18Cl2N2O4S/c1-11(17(22)20-10-12-5-3-4-6-14(12)18)21-26(23,24)13-7-8-16(25-2)15(19)9-13/h3-9,11,21H,10H2,1-2H3,(H,20,22). The van der Waals surface area contributed by atoms with Crippen LogP contribution in [0.25, 0.3) is 0 Å². The Hall–Kier alpha value is -1.80. The van der Waals surface area contributed by atoms with Gasteiger partial charge in [0.2, 0.25) is 15.9 Å². The first-order valence-corrected chi connectivity index (χ1v) is 9.85. The van der Waals surface area contributed by atoms with Crippen molar-refractivity contribution in [3.63, 3.8) is 0 Å². The number of rotatable bonds is 7. The first-order valence-electron chi connectivity index (χ1n) is 7.61. The molecule has 2 rings (SSSR count). The maximum Gasteiger partial charge on any atom is 0.241 e. The Bertz CT molecular complexity index is 903. The minimum absolute atomic E-state index is 0.0611. The fourth-order valence-corrected chi connectivity index (χ4v) is 3.90. The van der Waals surface area contributed by atoms with Gasteiger partial charge in [0, 0.05) is 11.6 Å². The number of carbonyl (C=O) groups is 1. The van der Waals surface area contributed by atoms with Crippen molar-refractivity contribution < 1.29 is 17.9 Å². The third-order valence-electron chi connectivity index (χ3n) is 3.57. The number of hydrogen-bond donors (Lipinski definition) is 2. The van der Waals surface area contributed by atoms with Crippen LogP contribution in [0.1, 0.15) is 12.5 Å². The summed E-state index contributed by atoms with van der Waals surface area (Å²) in [5, 5.41) is 3.33. The zero-order valence-electron chi connectivity index (χ0n) is 14.1. The molecule has 0 aliphatic rings. The summed E-state index contributed by atoms with van der Waals surface area (Å²) in [6, 6.07) is 10.1. The molecule has 1 unspecified atom stereocenters. The minimum atomic E-state index is -3.92. The fourth-order valence-electron chi connectivity index (χ4n) is 2.15. The summed E-state index contributed by atoms with van der Waals surface area (Å²) < 4.78 is 32.1. The van der Waals surface area contributed by atoms with E-state index in [0.29, 0.717) is 10.8 Å². The predicted octanol–water partition coefficient (Wildman–Crippen LogP) is 2.99. The highest BCUT2D eigenvalue weighted by Crippen LogP contribution is 2.26. The Morgan fingerprint density at radius 2 is 1.85 bits per heavy atom. The molecule has 6 nitrogen and oxygen atoms in total. The van der Waals surface area contributed by atoms with Gasteiger partial charge < -0.3 is 10.1 Å². The van der Waals surface area contributed by atoms with Gasteiger partial charge in [-0.25, -0.2) is 8.42 Å². The molecular formula is C17H18Cl2N2O4S. The van der Waals surface area contributed by atoms with Gasteiger partial charge in [0.15, 0.2) is 0 Å². The van der Waals surface area contributed by atoms with Crippen LogP contribution in [0.2, 0.25) is 10.0 Å². The van der Waals surface area contributed by atoms with Gasteiger partial charge in [0.1, 0.15) is 5.75 Å². The van der Waals surface area contributed by atoms with Crippen LogP contribution in [0.15, 0.2) is 47.4 Å². The Morgan fingerprint density at radius 1 is 1.15 bits per heavy atom. The molecule has 0 fully saturated rings. The first kappa shape index (κ1) is 20.5. The van der Waals surface area contributed by atoms with Crippen molar-refractivity contribution in [2.75, 3.05) is 7.11 Å². The lowest BCUT2D eigenvalue weighted by Gasteiger charge is -2.15. The van der Waals surface area contributed by atoms with E-state index in [2.05, 4.69) is 10.0 Å². The van der Waals surface area contributed by atoms with E-state index in [1.165, 1.54) is 32.2 Å². The Labute approximate surface area is 162 Å². The Morgan fingerprint density at radius 3 is 2.46 bits per heavy atom. The van der Waals surface area contributed by atoms with Gasteiger partial charge in [-0.05, 0) is 36.8 Å². The summed E-state index contributed by atoms with van der Waals surface area (Å²) in [5.41, 5.74) is 0.736. The van der Waals surface area contributed by atoms with Gasteiger partial charge in [-0.2, -0.15) is 4.72 Å². The smallest absolute Gasteiger partial charge is 0.241 e. The van der Waals surface area contributed by atoms with Crippen molar-refractivity contribution in [3.8, 4) is 5.75 Å². The number of benzene rings is 2. The normalized spacial score (nSPS) is 12.5. The molecule has 0 radical (unpaired) electrons. The summed E-state index contributed by atoms with van der Waals surface area (Å²) in [5.74, 6) is -0.121. The van der Waals surface area contributed by atoms with E-state index in [9.17, 15) is 13.2 Å². The molecule has 0 aromatic heterocycles. The Kier molecular flexibility index (Phi) is 6.88. The maximum absolute atomic E-state index is 12.4. The summed E-state index contributed by atoms with van der Waals surface area (Å²) >= 11 is 12.0. The van der Waals surface area contributed by atoms with E-state index >= 15 is 0 Å². The van der Waals surface area contributed by atoms with E-state index in [1.54, 1.807) is 24.3 Å². The van der Waals surface area contributed by atoms with Crippen molar-refractivity contribution in [3.05, 3.63) is 58.1 Å². The van der Waals surface area contributed by atoms with Crippen LogP contribution in [-0.4, -0.2) is 27.5 Å². The average Bonchev–Trinajstić information content (AvgIpc) is 2.60. The average molecular weight is 417 g/mol. The van der Waals surface area contributed by atoms with Crippen LogP contribution in [-0.2, 0) is 21.4 Å². The van der Waals surface area contributed by atoms with Crippen LogP contribution >= 0.6 is 23.2 Å². The summed E-state index contributed by atoms with van der Waals surface area (Å²) in [6.45, 7) is 1.64. The highest BCUT2D eigenvalue weighted by molar-refractivity contribution is 7.89. The summed E-state index contributed by atoms with van der Waals surface area (Å²) in [6.07, 6.45) is 0. The Balaban J connectivity index is 2.03. The van der Waals surface area contributed by atoms with Crippen molar-refractivity contribution in [1.82, 2.24) is 10.0 Å². The monoisotopic (exact) mass is 416 g/mol. The van der Waals surface area contributed by atoms with Crippen LogP contribution in [0.4, 0.5) is 0 Å². The van der Waals surface area contributed by atoms with Crippen LogP contribution in [0, 0.1) is 0 Å². The van der Waals surface area contributed by atoms with Gasteiger partial charge in [0.05, 0.1) is 23.1 Å². The van der Waals surface area contributed by atoms with Crippen LogP contribution < -0.4 is 14.8 Å². The van der Waals surface area contributed by atoms with Crippen LogP contribution in [0.3, 0.4) is 0 Å². The molecule has 0 bridgehead atoms. The molecule has 1 amide bonds. The number of ether oxygens (including phenoxy) is 1. The molecule has 0 saturated heterocycles. The molecule has 9 heteroatoms. The van der Waals surface area contributed by atoms with Gasteiger partial charge in [-0.15, -0.1) is 0 Å². The quantitative estimate of drug-likeness (QED) is 0.726.